The zero-order valence-electron chi connectivity index (χ0n) is 14.9. The number of hydrogen-bond acceptors (Lipinski definition) is 4. The third kappa shape index (κ3) is 6.01. The molecule has 0 fully saturated rings. The first-order valence-corrected chi connectivity index (χ1v) is 8.68. The van der Waals surface area contributed by atoms with Crippen molar-refractivity contribution in [2.45, 2.75) is 20.0 Å². The molecule has 138 valence electrons. The van der Waals surface area contributed by atoms with Gasteiger partial charge in [0.25, 0.3) is 0 Å². The van der Waals surface area contributed by atoms with Crippen LogP contribution in [0.25, 0.3) is 6.08 Å². The van der Waals surface area contributed by atoms with E-state index in [0.29, 0.717) is 24.3 Å². The highest BCUT2D eigenvalue weighted by atomic mass is 19.1. The maximum Gasteiger partial charge on any atom is 0.331 e. The summed E-state index contributed by atoms with van der Waals surface area (Å²) in [5.74, 6) is -0.863. The molecular weight excluding hydrogens is 333 g/mol. The monoisotopic (exact) mass is 357 g/mol. The average Bonchev–Trinajstić information content (AvgIpc) is 2.65. The quantitative estimate of drug-likeness (QED) is 0.548. The maximum atomic E-state index is 14.4. The van der Waals surface area contributed by atoms with Gasteiger partial charge < -0.3 is 14.7 Å². The number of carbonyl (C=O) groups excluding carboxylic acids is 1. The lowest BCUT2D eigenvalue weighted by Gasteiger charge is -2.23. The Bertz CT molecular complexity index is 725. The van der Waals surface area contributed by atoms with Crippen molar-refractivity contribution in [2.24, 2.45) is 0 Å². The van der Waals surface area contributed by atoms with Crippen LogP contribution in [0.15, 0.2) is 54.6 Å². The van der Waals surface area contributed by atoms with Crippen LogP contribution in [-0.2, 0) is 16.1 Å². The van der Waals surface area contributed by atoms with E-state index >= 15 is 0 Å². The maximum absolute atomic E-state index is 14.4. The number of anilines is 1. The lowest BCUT2D eigenvalue weighted by Crippen LogP contribution is -2.28. The van der Waals surface area contributed by atoms with Crippen molar-refractivity contribution in [2.75, 3.05) is 24.6 Å². The molecule has 0 aliphatic heterocycles. The van der Waals surface area contributed by atoms with Crippen molar-refractivity contribution in [3.63, 3.8) is 0 Å². The molecule has 0 bridgehead atoms. The van der Waals surface area contributed by atoms with E-state index in [-0.39, 0.29) is 19.0 Å². The Morgan fingerprint density at radius 1 is 1.19 bits per heavy atom. The number of nitrogens with zero attached hydrogens (tertiary/aromatic N) is 1. The highest BCUT2D eigenvalue weighted by Crippen LogP contribution is 2.21. The van der Waals surface area contributed by atoms with Gasteiger partial charge in [-0.2, -0.15) is 0 Å². The van der Waals surface area contributed by atoms with E-state index in [1.54, 1.807) is 17.0 Å². The lowest BCUT2D eigenvalue weighted by molar-refractivity contribution is -0.138. The van der Waals surface area contributed by atoms with Gasteiger partial charge >= 0.3 is 5.97 Å². The van der Waals surface area contributed by atoms with Gasteiger partial charge in [-0.3, -0.25) is 0 Å². The van der Waals surface area contributed by atoms with Crippen molar-refractivity contribution in [1.29, 1.82) is 0 Å². The van der Waals surface area contributed by atoms with Crippen LogP contribution in [0.4, 0.5) is 10.1 Å². The molecule has 0 saturated heterocycles. The number of aliphatic hydroxyl groups excluding tert-OH is 1. The number of carbonyl (C=O) groups is 1. The second-order valence-electron chi connectivity index (χ2n) is 5.85. The van der Waals surface area contributed by atoms with Crippen LogP contribution in [-0.4, -0.2) is 30.8 Å². The summed E-state index contributed by atoms with van der Waals surface area (Å²) in [5.41, 5.74) is 1.93. The number of esters is 1. The smallest absolute Gasteiger partial charge is 0.331 e. The number of ether oxygens (including phenoxy) is 1. The fraction of sp³-hybridized carbons (Fsp3) is 0.286. The third-order valence-electron chi connectivity index (χ3n) is 3.81. The SMILES string of the molecule is CCCN(CCO)c1ccc(/C=C/C(=O)OCc2ccccc2)cc1F. The molecule has 4 nitrogen and oxygen atoms in total. The van der Waals surface area contributed by atoms with Crippen molar-refractivity contribution >= 4 is 17.7 Å². The van der Waals surface area contributed by atoms with E-state index in [1.165, 1.54) is 18.2 Å². The van der Waals surface area contributed by atoms with E-state index in [2.05, 4.69) is 0 Å². The molecule has 0 spiro atoms. The second kappa shape index (κ2) is 10.4. The number of halogens is 1. The van der Waals surface area contributed by atoms with Crippen molar-refractivity contribution in [3.05, 3.63) is 71.6 Å². The number of hydrogen-bond donors (Lipinski definition) is 1. The first-order valence-electron chi connectivity index (χ1n) is 8.68. The van der Waals surface area contributed by atoms with E-state index in [4.69, 9.17) is 9.84 Å². The van der Waals surface area contributed by atoms with Crippen LogP contribution < -0.4 is 4.90 Å². The Morgan fingerprint density at radius 3 is 2.62 bits per heavy atom. The summed E-state index contributed by atoms with van der Waals surface area (Å²) in [6, 6.07) is 14.2. The Morgan fingerprint density at radius 2 is 1.96 bits per heavy atom. The first kappa shape index (κ1) is 19.7. The molecule has 0 unspecified atom stereocenters. The average molecular weight is 357 g/mol. The standard InChI is InChI=1S/C21H24FNO3/c1-2-12-23(13-14-24)20-10-8-17(15-19(20)22)9-11-21(25)26-16-18-6-4-3-5-7-18/h3-11,15,24H,2,12-14,16H2,1H3/b11-9+. The first-order chi connectivity index (χ1) is 12.6. The van der Waals surface area contributed by atoms with Gasteiger partial charge in [0.15, 0.2) is 0 Å². The van der Waals surface area contributed by atoms with Gasteiger partial charge in [0.1, 0.15) is 12.4 Å². The van der Waals surface area contributed by atoms with Gasteiger partial charge in [-0.25, -0.2) is 9.18 Å². The minimum absolute atomic E-state index is 0.0334. The van der Waals surface area contributed by atoms with E-state index < -0.39 is 5.97 Å². The second-order valence-corrected chi connectivity index (χ2v) is 5.85. The molecule has 0 aliphatic carbocycles. The number of rotatable bonds is 9. The van der Waals surface area contributed by atoms with Crippen LogP contribution in [0.1, 0.15) is 24.5 Å². The fourth-order valence-corrected chi connectivity index (χ4v) is 2.57. The zero-order valence-corrected chi connectivity index (χ0v) is 14.9. The Kier molecular flexibility index (Phi) is 7.83. The molecule has 26 heavy (non-hydrogen) atoms. The zero-order chi connectivity index (χ0) is 18.8. The molecule has 5 heteroatoms. The molecule has 2 rings (SSSR count). The number of aliphatic hydroxyl groups is 1. The summed E-state index contributed by atoms with van der Waals surface area (Å²) in [7, 11) is 0. The molecule has 0 aromatic heterocycles. The largest absolute Gasteiger partial charge is 0.458 e. The Hall–Kier alpha value is -2.66. The minimum atomic E-state index is -0.480. The van der Waals surface area contributed by atoms with Crippen molar-refractivity contribution < 1.29 is 19.0 Å². The van der Waals surface area contributed by atoms with Crippen molar-refractivity contribution in [1.82, 2.24) is 0 Å². The van der Waals surface area contributed by atoms with Gasteiger partial charge in [0, 0.05) is 19.2 Å². The predicted molar refractivity (Wildman–Crippen MR) is 101 cm³/mol. The summed E-state index contributed by atoms with van der Waals surface area (Å²) in [6.07, 6.45) is 3.67. The summed E-state index contributed by atoms with van der Waals surface area (Å²) in [6.45, 7) is 3.21. The van der Waals surface area contributed by atoms with E-state index in [1.807, 2.05) is 37.3 Å². The summed E-state index contributed by atoms with van der Waals surface area (Å²) >= 11 is 0. The summed E-state index contributed by atoms with van der Waals surface area (Å²) in [4.78, 5) is 13.6. The van der Waals surface area contributed by atoms with Gasteiger partial charge in [-0.15, -0.1) is 0 Å². The highest BCUT2D eigenvalue weighted by molar-refractivity contribution is 5.87. The molecule has 0 radical (unpaired) electrons. The summed E-state index contributed by atoms with van der Waals surface area (Å²) < 4.78 is 19.5. The molecule has 0 saturated carbocycles. The Balaban J connectivity index is 1.97. The molecule has 0 heterocycles. The molecule has 0 aliphatic rings. The molecule has 0 amide bonds. The normalized spacial score (nSPS) is 10.9. The predicted octanol–water partition coefficient (Wildman–Crippen LogP) is 3.79. The topological polar surface area (TPSA) is 49.8 Å². The number of benzene rings is 2. The Labute approximate surface area is 153 Å². The molecular formula is C21H24FNO3. The van der Waals surface area contributed by atoms with E-state index in [0.717, 1.165) is 12.0 Å². The van der Waals surface area contributed by atoms with Crippen LogP contribution in [0, 0.1) is 5.82 Å². The molecule has 0 atom stereocenters. The van der Waals surface area contributed by atoms with Gasteiger partial charge in [-0.05, 0) is 35.8 Å². The fourth-order valence-electron chi connectivity index (χ4n) is 2.57. The molecule has 2 aromatic rings. The van der Waals surface area contributed by atoms with Crippen LogP contribution in [0.3, 0.4) is 0 Å². The highest BCUT2D eigenvalue weighted by Gasteiger charge is 2.10. The van der Waals surface area contributed by atoms with Gasteiger partial charge in [0.2, 0.25) is 0 Å². The van der Waals surface area contributed by atoms with Gasteiger partial charge in [0.05, 0.1) is 12.3 Å². The lowest BCUT2D eigenvalue weighted by atomic mass is 10.1. The molecule has 1 N–H and O–H groups in total. The van der Waals surface area contributed by atoms with Crippen LogP contribution in [0.2, 0.25) is 0 Å². The van der Waals surface area contributed by atoms with Crippen LogP contribution >= 0.6 is 0 Å². The van der Waals surface area contributed by atoms with Gasteiger partial charge in [-0.1, -0.05) is 43.3 Å². The van der Waals surface area contributed by atoms with Crippen molar-refractivity contribution in [3.8, 4) is 0 Å². The van der Waals surface area contributed by atoms with E-state index in [9.17, 15) is 9.18 Å². The summed E-state index contributed by atoms with van der Waals surface area (Å²) in [5, 5.41) is 9.12. The van der Waals surface area contributed by atoms with Crippen LogP contribution in [0.5, 0.6) is 0 Å². The minimum Gasteiger partial charge on any atom is -0.458 e. The third-order valence-corrected chi connectivity index (χ3v) is 3.81. The molecule has 2 aromatic carbocycles.